The first-order chi connectivity index (χ1) is 26.6. The highest BCUT2D eigenvalue weighted by atomic mass is 15.3. The van der Waals surface area contributed by atoms with Crippen LogP contribution < -0.4 is 26.6 Å². The summed E-state index contributed by atoms with van der Waals surface area (Å²) in [5.41, 5.74) is 17.7. The highest BCUT2D eigenvalue weighted by molar-refractivity contribution is 6.02. The van der Waals surface area contributed by atoms with Gasteiger partial charge in [-0.25, -0.2) is 0 Å². The molecule has 5 N–H and O–H groups in total. The Morgan fingerprint density at radius 1 is 0.667 bits per heavy atom. The number of rotatable bonds is 7. The predicted octanol–water partition coefficient (Wildman–Crippen LogP) is 9.88. The third-order valence-electron chi connectivity index (χ3n) is 10.3. The SMILES string of the molecule is C=C1/C=C\C(c2ccccc2)=C/N(C2C=CC(C3NC3c3ccccc3)=CN2)c2ccc3ccccc3c21.CNC(N)c1ccc(-c2ccccc2)cc1. The number of dihydropyridines is 1. The molecule has 266 valence electrons. The minimum absolute atomic E-state index is 0.0365. The van der Waals surface area contributed by atoms with Crippen molar-refractivity contribution in [1.29, 1.82) is 0 Å². The summed E-state index contributed by atoms with van der Waals surface area (Å²) in [4.78, 5) is 2.34. The van der Waals surface area contributed by atoms with Gasteiger partial charge in [-0.05, 0) is 74.5 Å². The summed E-state index contributed by atoms with van der Waals surface area (Å²) in [6, 6.07) is 53.5. The molecule has 0 spiro atoms. The van der Waals surface area contributed by atoms with E-state index in [1.54, 1.807) is 0 Å². The predicted molar refractivity (Wildman–Crippen MR) is 227 cm³/mol. The molecule has 5 nitrogen and oxygen atoms in total. The lowest BCUT2D eigenvalue weighted by Crippen LogP contribution is -2.41. The molecule has 54 heavy (non-hydrogen) atoms. The van der Waals surface area contributed by atoms with Crippen LogP contribution in [0, 0.1) is 0 Å². The zero-order valence-corrected chi connectivity index (χ0v) is 30.4. The topological polar surface area (TPSA) is 75.3 Å². The molecule has 3 aliphatic rings. The highest BCUT2D eigenvalue weighted by Gasteiger charge is 2.40. The summed E-state index contributed by atoms with van der Waals surface area (Å²) in [6.45, 7) is 4.50. The Balaban J connectivity index is 0.000000217. The maximum absolute atomic E-state index is 5.87. The van der Waals surface area contributed by atoms with E-state index in [0.717, 1.165) is 22.4 Å². The van der Waals surface area contributed by atoms with Crippen LogP contribution in [0.3, 0.4) is 0 Å². The Kier molecular flexibility index (Phi) is 10.2. The molecule has 3 heterocycles. The number of allylic oxidation sites excluding steroid dienone is 4. The number of nitrogens with one attached hydrogen (secondary N) is 3. The van der Waals surface area contributed by atoms with E-state index < -0.39 is 0 Å². The fraction of sp³-hybridized carbons (Fsp3) is 0.102. The van der Waals surface area contributed by atoms with Gasteiger partial charge in [-0.1, -0.05) is 170 Å². The third-order valence-corrected chi connectivity index (χ3v) is 10.3. The smallest absolute Gasteiger partial charge is 0.122 e. The van der Waals surface area contributed by atoms with Crippen molar-refractivity contribution >= 4 is 27.6 Å². The van der Waals surface area contributed by atoms with Gasteiger partial charge in [-0.2, -0.15) is 0 Å². The van der Waals surface area contributed by atoms with Crippen LogP contribution >= 0.6 is 0 Å². The van der Waals surface area contributed by atoms with Crippen LogP contribution in [0.4, 0.5) is 5.69 Å². The van der Waals surface area contributed by atoms with Crippen molar-refractivity contribution in [2.45, 2.75) is 24.4 Å². The third kappa shape index (κ3) is 7.47. The monoisotopic (exact) mass is 703 g/mol. The number of anilines is 1. The fourth-order valence-corrected chi connectivity index (χ4v) is 7.29. The normalized spacial score (nSPS) is 20.8. The summed E-state index contributed by atoms with van der Waals surface area (Å²) in [6.07, 6.45) is 13.2. The van der Waals surface area contributed by atoms with Crippen molar-refractivity contribution < 1.29 is 0 Å². The van der Waals surface area contributed by atoms with Gasteiger partial charge in [0, 0.05) is 18.0 Å². The van der Waals surface area contributed by atoms with Gasteiger partial charge in [0.1, 0.15) is 6.17 Å². The van der Waals surface area contributed by atoms with Crippen molar-refractivity contribution in [2.24, 2.45) is 5.73 Å². The van der Waals surface area contributed by atoms with Gasteiger partial charge in [-0.15, -0.1) is 0 Å². The summed E-state index contributed by atoms with van der Waals surface area (Å²) >= 11 is 0. The first kappa shape index (κ1) is 34.8. The Morgan fingerprint density at radius 3 is 2.00 bits per heavy atom. The van der Waals surface area contributed by atoms with Crippen LogP contribution in [-0.4, -0.2) is 19.3 Å². The summed E-state index contributed by atoms with van der Waals surface area (Å²) in [7, 11) is 1.86. The second-order valence-electron chi connectivity index (χ2n) is 13.8. The second-order valence-corrected chi connectivity index (χ2v) is 13.8. The van der Waals surface area contributed by atoms with E-state index in [2.05, 4.69) is 198 Å². The number of nitrogens with zero attached hydrogens (tertiary/aromatic N) is 1. The Morgan fingerprint density at radius 2 is 1.31 bits per heavy atom. The molecular formula is C49H45N5. The average Bonchev–Trinajstić information content (AvgIpc) is 4.05. The van der Waals surface area contributed by atoms with Crippen LogP contribution in [0.1, 0.15) is 34.5 Å². The van der Waals surface area contributed by atoms with Gasteiger partial charge in [0.2, 0.25) is 0 Å². The molecule has 0 radical (unpaired) electrons. The summed E-state index contributed by atoms with van der Waals surface area (Å²) < 4.78 is 0. The van der Waals surface area contributed by atoms with E-state index in [4.69, 9.17) is 5.73 Å². The highest BCUT2D eigenvalue weighted by Crippen LogP contribution is 2.40. The van der Waals surface area contributed by atoms with E-state index in [-0.39, 0.29) is 12.3 Å². The van der Waals surface area contributed by atoms with Crippen molar-refractivity contribution in [3.8, 4) is 11.1 Å². The van der Waals surface area contributed by atoms with Crippen molar-refractivity contribution in [1.82, 2.24) is 16.0 Å². The lowest BCUT2D eigenvalue weighted by Gasteiger charge is -2.34. The number of nitrogens with two attached hydrogens (primary N) is 1. The zero-order chi connectivity index (χ0) is 36.9. The second kappa shape index (κ2) is 15.8. The molecule has 0 amide bonds. The molecule has 0 aliphatic carbocycles. The van der Waals surface area contributed by atoms with E-state index in [9.17, 15) is 0 Å². The van der Waals surface area contributed by atoms with Crippen LogP contribution in [0.15, 0.2) is 201 Å². The van der Waals surface area contributed by atoms with Gasteiger partial charge in [-0.3, -0.25) is 5.32 Å². The van der Waals surface area contributed by atoms with Crippen molar-refractivity contribution in [3.63, 3.8) is 0 Å². The van der Waals surface area contributed by atoms with Crippen LogP contribution in [-0.2, 0) is 0 Å². The molecule has 9 rings (SSSR count). The van der Waals surface area contributed by atoms with Gasteiger partial charge in [0.05, 0.1) is 23.9 Å². The van der Waals surface area contributed by atoms with Crippen LogP contribution in [0.2, 0.25) is 0 Å². The molecule has 6 aromatic rings. The van der Waals surface area contributed by atoms with Crippen molar-refractivity contribution in [3.05, 3.63) is 223 Å². The fourth-order valence-electron chi connectivity index (χ4n) is 7.29. The van der Waals surface area contributed by atoms with Gasteiger partial charge in [0.25, 0.3) is 0 Å². The lowest BCUT2D eigenvalue weighted by atomic mass is 9.93. The van der Waals surface area contributed by atoms with Crippen LogP contribution in [0.5, 0.6) is 0 Å². The van der Waals surface area contributed by atoms with Gasteiger partial charge >= 0.3 is 0 Å². The van der Waals surface area contributed by atoms with Crippen molar-refractivity contribution in [2.75, 3.05) is 11.9 Å². The molecule has 4 unspecified atom stereocenters. The Hall–Kier alpha value is -6.24. The maximum Gasteiger partial charge on any atom is 0.122 e. The maximum atomic E-state index is 5.87. The Labute approximate surface area is 318 Å². The standard InChI is InChI=1S/C35H29N3.C14H16N2/c1-24-16-17-29(25-10-4-2-5-11-25)23-38(31-20-18-26-12-8-9-15-30(26)33(24)31)32-21-19-28(22-36-32)35-34(37-35)27-13-6-3-7-14-27;1-16-14(15)13-9-7-12(8-10-13)11-5-3-2-4-6-11/h2-23,32,34-37H,1H2;2-10,14,16H,15H2,1H3/b17-16-,29-23+;. The minimum Gasteiger partial charge on any atom is -0.367 e. The number of hydrogen-bond acceptors (Lipinski definition) is 5. The quantitative estimate of drug-likeness (QED) is 0.0984. The molecule has 1 saturated heterocycles. The molecular weight excluding hydrogens is 659 g/mol. The average molecular weight is 704 g/mol. The largest absolute Gasteiger partial charge is 0.367 e. The first-order valence-electron chi connectivity index (χ1n) is 18.6. The van der Waals surface area contributed by atoms with Gasteiger partial charge in [0.15, 0.2) is 0 Å². The van der Waals surface area contributed by atoms with Crippen LogP contribution in [0.25, 0.3) is 33.0 Å². The molecule has 6 aromatic carbocycles. The lowest BCUT2D eigenvalue weighted by molar-refractivity contribution is 0.622. The molecule has 5 heteroatoms. The molecule has 0 aromatic heterocycles. The van der Waals surface area contributed by atoms with E-state index in [1.807, 2.05) is 25.2 Å². The molecule has 0 saturated carbocycles. The summed E-state index contributed by atoms with van der Waals surface area (Å²) in [5, 5.41) is 12.8. The Bertz CT molecular complexity index is 2360. The van der Waals surface area contributed by atoms with Gasteiger partial charge < -0.3 is 21.3 Å². The number of benzene rings is 6. The number of fused-ring (bicyclic) bond motifs is 3. The van der Waals surface area contributed by atoms with E-state index in [1.165, 1.54) is 44.2 Å². The minimum atomic E-state index is -0.0928. The van der Waals surface area contributed by atoms with E-state index in [0.29, 0.717) is 12.1 Å². The number of hydrogen-bond donors (Lipinski definition) is 4. The van der Waals surface area contributed by atoms with E-state index >= 15 is 0 Å². The zero-order valence-electron chi connectivity index (χ0n) is 30.4. The summed E-state index contributed by atoms with van der Waals surface area (Å²) in [5.74, 6) is 0. The molecule has 0 bridgehead atoms. The molecule has 3 aliphatic heterocycles. The first-order valence-corrected chi connectivity index (χ1v) is 18.6. The molecule has 4 atom stereocenters. The molecule has 1 fully saturated rings.